The van der Waals surface area contributed by atoms with E-state index in [-0.39, 0.29) is 17.9 Å². The van der Waals surface area contributed by atoms with E-state index in [0.29, 0.717) is 0 Å². The molecule has 29 heavy (non-hydrogen) atoms. The summed E-state index contributed by atoms with van der Waals surface area (Å²) in [6.07, 6.45) is -0.763. The lowest BCUT2D eigenvalue weighted by Crippen LogP contribution is -2.59. The summed E-state index contributed by atoms with van der Waals surface area (Å²) in [4.78, 5) is 58.7. The molecule has 0 aromatic rings. The van der Waals surface area contributed by atoms with Crippen LogP contribution < -0.4 is 21.7 Å². The molecule has 3 amide bonds. The van der Waals surface area contributed by atoms with Crippen LogP contribution in [0.5, 0.6) is 0 Å². The summed E-state index contributed by atoms with van der Waals surface area (Å²) in [6, 6.07) is -4.55. The van der Waals surface area contributed by atoms with Crippen LogP contribution in [0.3, 0.4) is 0 Å². The second-order valence-corrected chi connectivity index (χ2v) is 7.33. The van der Waals surface area contributed by atoms with Crippen molar-refractivity contribution in [1.29, 1.82) is 0 Å². The Morgan fingerprint density at radius 1 is 0.862 bits per heavy atom. The van der Waals surface area contributed by atoms with Gasteiger partial charge in [-0.1, -0.05) is 13.8 Å². The van der Waals surface area contributed by atoms with Crippen LogP contribution in [0.2, 0.25) is 0 Å². The van der Waals surface area contributed by atoms with Crippen molar-refractivity contribution < 1.29 is 34.2 Å². The van der Waals surface area contributed by atoms with Gasteiger partial charge in [-0.05, 0) is 12.3 Å². The van der Waals surface area contributed by atoms with Gasteiger partial charge in [-0.3, -0.25) is 19.2 Å². The van der Waals surface area contributed by atoms with E-state index >= 15 is 0 Å². The molecular weight excluding hydrogens is 424 g/mol. The average Bonchev–Trinajstić information content (AvgIpc) is 2.65. The highest BCUT2D eigenvalue weighted by Crippen LogP contribution is 2.06. The zero-order chi connectivity index (χ0) is 22.7. The Bertz CT molecular complexity index is 618. The van der Waals surface area contributed by atoms with Crippen molar-refractivity contribution in [2.75, 3.05) is 11.5 Å². The van der Waals surface area contributed by atoms with Gasteiger partial charge < -0.3 is 31.9 Å². The van der Waals surface area contributed by atoms with Gasteiger partial charge in [0, 0.05) is 17.9 Å². The summed E-state index contributed by atoms with van der Waals surface area (Å²) in [5.74, 6) is -5.13. The minimum atomic E-state index is -1.43. The molecule has 0 saturated carbocycles. The van der Waals surface area contributed by atoms with E-state index in [1.807, 2.05) is 0 Å². The molecule has 0 heterocycles. The lowest BCUT2D eigenvalue weighted by molar-refractivity contribution is -0.143. The molecule has 0 aromatic carbocycles. The molecule has 0 bridgehead atoms. The third-order valence-corrected chi connectivity index (χ3v) is 4.62. The molecule has 4 atom stereocenters. The Morgan fingerprint density at radius 2 is 1.41 bits per heavy atom. The summed E-state index contributed by atoms with van der Waals surface area (Å²) < 4.78 is 0. The first-order valence-corrected chi connectivity index (χ1v) is 10.0. The van der Waals surface area contributed by atoms with Gasteiger partial charge in [0.05, 0.1) is 6.04 Å². The van der Waals surface area contributed by atoms with Crippen LogP contribution in [0.4, 0.5) is 0 Å². The summed E-state index contributed by atoms with van der Waals surface area (Å²) in [6.45, 7) is 3.26. The average molecular weight is 453 g/mol. The Labute approximate surface area is 179 Å². The molecule has 0 radical (unpaired) electrons. The number of rotatable bonds is 13. The van der Waals surface area contributed by atoms with E-state index in [0.717, 1.165) is 0 Å². The normalized spacial score (nSPS) is 15.0. The van der Waals surface area contributed by atoms with Crippen LogP contribution >= 0.6 is 25.3 Å². The standard InChI is InChI=1S/C16H28N4O7S2/c1-7(2)12(15(25)18-9(16(26)27)3-4-11(21)22)20-14(24)10(6-29)19-13(23)8(17)5-28/h7-10,12,28-29H,3-6,17H2,1-2H3,(H,18,25)(H,19,23)(H,20,24)(H,21,22)(H,26,27). The van der Waals surface area contributed by atoms with Crippen molar-refractivity contribution in [3.63, 3.8) is 0 Å². The number of hydrogen-bond acceptors (Lipinski definition) is 8. The number of carboxylic acids is 2. The number of nitrogens with one attached hydrogen (secondary N) is 3. The Hall–Kier alpha value is -1.99. The molecule has 13 heteroatoms. The van der Waals surface area contributed by atoms with E-state index in [4.69, 9.17) is 15.9 Å². The van der Waals surface area contributed by atoms with Crippen LogP contribution in [0, 0.1) is 5.92 Å². The first-order chi connectivity index (χ1) is 13.4. The number of carboxylic acid groups (broad SMARTS) is 2. The van der Waals surface area contributed by atoms with Crippen LogP contribution in [0.15, 0.2) is 0 Å². The van der Waals surface area contributed by atoms with Crippen molar-refractivity contribution in [3.8, 4) is 0 Å². The number of amides is 3. The number of hydrogen-bond donors (Lipinski definition) is 8. The molecule has 11 nitrogen and oxygen atoms in total. The van der Waals surface area contributed by atoms with Crippen LogP contribution in [0.1, 0.15) is 26.7 Å². The molecule has 7 N–H and O–H groups in total. The first-order valence-electron chi connectivity index (χ1n) is 8.77. The van der Waals surface area contributed by atoms with Gasteiger partial charge in [-0.25, -0.2) is 4.79 Å². The summed E-state index contributed by atoms with van der Waals surface area (Å²) >= 11 is 7.92. The quantitative estimate of drug-likeness (QED) is 0.151. The molecular formula is C16H28N4O7S2. The van der Waals surface area contributed by atoms with E-state index in [2.05, 4.69) is 41.2 Å². The Morgan fingerprint density at radius 3 is 1.83 bits per heavy atom. The largest absolute Gasteiger partial charge is 0.481 e. The lowest BCUT2D eigenvalue weighted by Gasteiger charge is -2.26. The molecule has 166 valence electrons. The molecule has 0 spiro atoms. The molecule has 0 aromatic heterocycles. The minimum Gasteiger partial charge on any atom is -0.481 e. The van der Waals surface area contributed by atoms with Gasteiger partial charge in [0.1, 0.15) is 18.1 Å². The van der Waals surface area contributed by atoms with Crippen molar-refractivity contribution in [2.24, 2.45) is 11.7 Å². The highest BCUT2D eigenvalue weighted by molar-refractivity contribution is 7.80. The van der Waals surface area contributed by atoms with Crippen LogP contribution in [0.25, 0.3) is 0 Å². The second kappa shape index (κ2) is 13.3. The van der Waals surface area contributed by atoms with Gasteiger partial charge in [-0.15, -0.1) is 0 Å². The number of carbonyl (C=O) groups excluding carboxylic acids is 3. The summed E-state index contributed by atoms with van der Waals surface area (Å²) in [5.41, 5.74) is 5.54. The third kappa shape index (κ3) is 9.85. The van der Waals surface area contributed by atoms with Crippen LogP contribution in [-0.4, -0.2) is 75.5 Å². The number of thiol groups is 2. The van der Waals surface area contributed by atoms with Crippen molar-refractivity contribution in [2.45, 2.75) is 50.9 Å². The van der Waals surface area contributed by atoms with E-state index in [9.17, 15) is 24.0 Å². The monoisotopic (exact) mass is 452 g/mol. The highest BCUT2D eigenvalue weighted by Gasteiger charge is 2.31. The third-order valence-electron chi connectivity index (χ3n) is 3.86. The Kier molecular flexibility index (Phi) is 12.4. The predicted octanol–water partition coefficient (Wildman–Crippen LogP) is -1.77. The molecule has 0 saturated heterocycles. The smallest absolute Gasteiger partial charge is 0.326 e. The van der Waals surface area contributed by atoms with Gasteiger partial charge in [-0.2, -0.15) is 25.3 Å². The number of nitrogens with two attached hydrogens (primary N) is 1. The zero-order valence-electron chi connectivity index (χ0n) is 16.1. The lowest BCUT2D eigenvalue weighted by atomic mass is 10.0. The minimum absolute atomic E-state index is 0.0662. The van der Waals surface area contributed by atoms with Crippen molar-refractivity contribution in [3.05, 3.63) is 0 Å². The number of carbonyl (C=O) groups is 5. The van der Waals surface area contributed by atoms with Gasteiger partial charge in [0.15, 0.2) is 0 Å². The zero-order valence-corrected chi connectivity index (χ0v) is 17.9. The SMILES string of the molecule is CC(C)C(NC(=O)C(CS)NC(=O)C(N)CS)C(=O)NC(CCC(=O)O)C(=O)O. The summed E-state index contributed by atoms with van der Waals surface area (Å²) in [7, 11) is 0. The maximum Gasteiger partial charge on any atom is 0.326 e. The Balaban J connectivity index is 5.16. The van der Waals surface area contributed by atoms with E-state index < -0.39 is 66.2 Å². The highest BCUT2D eigenvalue weighted by atomic mass is 32.1. The topological polar surface area (TPSA) is 188 Å². The number of aliphatic carboxylic acids is 2. The molecule has 0 aliphatic heterocycles. The second-order valence-electron chi connectivity index (χ2n) is 6.59. The van der Waals surface area contributed by atoms with E-state index in [1.165, 1.54) is 0 Å². The van der Waals surface area contributed by atoms with Gasteiger partial charge >= 0.3 is 11.9 Å². The first kappa shape index (κ1) is 27.0. The molecule has 0 aliphatic rings. The maximum atomic E-state index is 12.5. The predicted molar refractivity (Wildman–Crippen MR) is 111 cm³/mol. The van der Waals surface area contributed by atoms with Gasteiger partial charge in [0.2, 0.25) is 17.7 Å². The van der Waals surface area contributed by atoms with Crippen LogP contribution in [-0.2, 0) is 24.0 Å². The van der Waals surface area contributed by atoms with Crippen molar-refractivity contribution in [1.82, 2.24) is 16.0 Å². The van der Waals surface area contributed by atoms with Gasteiger partial charge in [0.25, 0.3) is 0 Å². The van der Waals surface area contributed by atoms with Crippen molar-refractivity contribution >= 4 is 54.9 Å². The molecule has 0 rings (SSSR count). The maximum absolute atomic E-state index is 12.5. The fraction of sp³-hybridized carbons (Fsp3) is 0.688. The van der Waals surface area contributed by atoms with E-state index in [1.54, 1.807) is 13.8 Å². The summed E-state index contributed by atoms with van der Waals surface area (Å²) in [5, 5.41) is 24.9. The molecule has 4 unspecified atom stereocenters. The molecule has 0 fully saturated rings. The fourth-order valence-corrected chi connectivity index (χ4v) is 2.55. The fourth-order valence-electron chi connectivity index (χ4n) is 2.13. The molecule has 0 aliphatic carbocycles.